The number of amides is 1. The van der Waals surface area contributed by atoms with E-state index in [4.69, 9.17) is 14.2 Å². The Morgan fingerprint density at radius 3 is 2.43 bits per heavy atom. The molecule has 0 aliphatic carbocycles. The van der Waals surface area contributed by atoms with Crippen LogP contribution in [0.1, 0.15) is 26.3 Å². The van der Waals surface area contributed by atoms with Gasteiger partial charge in [0.15, 0.2) is 16.7 Å². The fraction of sp³-hybridized carbons (Fsp3) is 0.304. The molecule has 0 bridgehead atoms. The Hall–Kier alpha value is -2.93. The minimum Gasteiger partial charge on any atom is -0.497 e. The third-order valence-corrected chi connectivity index (χ3v) is 5.38. The summed E-state index contributed by atoms with van der Waals surface area (Å²) in [5.74, 6) is 1.94. The smallest absolute Gasteiger partial charge is 0.266 e. The molecule has 1 fully saturated rings. The first kappa shape index (κ1) is 21.8. The first-order chi connectivity index (χ1) is 14.5. The molecule has 1 amide bonds. The zero-order valence-electron chi connectivity index (χ0n) is 17.8. The highest BCUT2D eigenvalue weighted by Gasteiger charge is 2.32. The average molecular weight is 427 g/mol. The van der Waals surface area contributed by atoms with E-state index in [9.17, 15) is 4.79 Å². The van der Waals surface area contributed by atoms with Gasteiger partial charge >= 0.3 is 0 Å². The van der Waals surface area contributed by atoms with Gasteiger partial charge in [0.2, 0.25) is 0 Å². The molecule has 0 atom stereocenters. The molecule has 2 aromatic rings. The number of nitrogens with zero attached hydrogens (tertiary/aromatic N) is 2. The molecule has 0 spiro atoms. The van der Waals surface area contributed by atoms with Crippen molar-refractivity contribution in [3.63, 3.8) is 0 Å². The molecule has 0 unspecified atom stereocenters. The Morgan fingerprint density at radius 2 is 1.83 bits per heavy atom. The maximum Gasteiger partial charge on any atom is 0.266 e. The number of hydrogen-bond donors (Lipinski definition) is 0. The average Bonchev–Trinajstić information content (AvgIpc) is 3.03. The Labute approximate surface area is 181 Å². The van der Waals surface area contributed by atoms with Crippen molar-refractivity contribution in [1.82, 2.24) is 4.90 Å². The maximum absolute atomic E-state index is 13.0. The van der Waals surface area contributed by atoms with E-state index in [-0.39, 0.29) is 12.0 Å². The predicted octanol–water partition coefficient (Wildman–Crippen LogP) is 5.11. The molecule has 0 radical (unpaired) electrons. The van der Waals surface area contributed by atoms with E-state index in [1.807, 2.05) is 69.3 Å². The van der Waals surface area contributed by atoms with E-state index in [1.54, 1.807) is 19.1 Å². The van der Waals surface area contributed by atoms with Crippen molar-refractivity contribution < 1.29 is 19.0 Å². The van der Waals surface area contributed by atoms with Crippen LogP contribution < -0.4 is 14.2 Å². The second-order valence-electron chi connectivity index (χ2n) is 6.80. The number of amidine groups is 1. The number of rotatable bonds is 7. The molecule has 0 N–H and O–H groups in total. The predicted molar refractivity (Wildman–Crippen MR) is 122 cm³/mol. The third kappa shape index (κ3) is 4.79. The van der Waals surface area contributed by atoms with Crippen LogP contribution in [0.3, 0.4) is 0 Å². The second-order valence-corrected chi connectivity index (χ2v) is 7.81. The van der Waals surface area contributed by atoms with E-state index in [1.165, 1.54) is 11.8 Å². The molecular weight excluding hydrogens is 400 g/mol. The van der Waals surface area contributed by atoms with Crippen molar-refractivity contribution in [2.45, 2.75) is 26.9 Å². The first-order valence-electron chi connectivity index (χ1n) is 9.74. The number of methoxy groups -OCH3 is 2. The summed E-state index contributed by atoms with van der Waals surface area (Å²) in [7, 11) is 3.23. The van der Waals surface area contributed by atoms with E-state index in [0.29, 0.717) is 28.1 Å². The standard InChI is InChI=1S/C23H26N2O4S/c1-6-25-22(26)20(30-23(25)24-17-10-12-18(27-4)13-11-17)14-16-8-7-9-19(28-5)21(16)29-15(2)3/h7-15H,6H2,1-5H3/b20-14-,24-23?. The van der Waals surface area contributed by atoms with Crippen LogP contribution in [-0.4, -0.2) is 42.8 Å². The minimum atomic E-state index is -0.0759. The van der Waals surface area contributed by atoms with Crippen LogP contribution in [-0.2, 0) is 4.79 Å². The quantitative estimate of drug-likeness (QED) is 0.576. The highest BCUT2D eigenvalue weighted by molar-refractivity contribution is 8.18. The van der Waals surface area contributed by atoms with Crippen LogP contribution in [0.2, 0.25) is 0 Å². The largest absolute Gasteiger partial charge is 0.497 e. The molecule has 30 heavy (non-hydrogen) atoms. The maximum atomic E-state index is 13.0. The lowest BCUT2D eigenvalue weighted by atomic mass is 10.1. The summed E-state index contributed by atoms with van der Waals surface area (Å²) in [6, 6.07) is 13.1. The van der Waals surface area contributed by atoms with E-state index >= 15 is 0 Å². The van der Waals surface area contributed by atoms with Gasteiger partial charge in [-0.05, 0) is 68.9 Å². The minimum absolute atomic E-state index is 0.0234. The number of carbonyl (C=O) groups excluding carboxylic acids is 1. The topological polar surface area (TPSA) is 60.4 Å². The number of thioether (sulfide) groups is 1. The summed E-state index contributed by atoms with van der Waals surface area (Å²) >= 11 is 1.35. The lowest BCUT2D eigenvalue weighted by Gasteiger charge is -2.16. The number of likely N-dealkylation sites (N-methyl/N-ethyl adjacent to an activating group) is 1. The van der Waals surface area contributed by atoms with Crippen molar-refractivity contribution in [1.29, 1.82) is 0 Å². The van der Waals surface area contributed by atoms with Gasteiger partial charge in [0.1, 0.15) is 5.75 Å². The van der Waals surface area contributed by atoms with Crippen molar-refractivity contribution in [3.05, 3.63) is 52.9 Å². The monoisotopic (exact) mass is 426 g/mol. The number of para-hydroxylation sites is 1. The summed E-state index contributed by atoms with van der Waals surface area (Å²) in [5.41, 5.74) is 1.55. The second kappa shape index (κ2) is 9.71. The molecular formula is C23H26N2O4S. The first-order valence-corrected chi connectivity index (χ1v) is 10.6. The molecule has 3 rings (SSSR count). The van der Waals surface area contributed by atoms with Gasteiger partial charge < -0.3 is 14.2 Å². The Morgan fingerprint density at radius 1 is 1.10 bits per heavy atom. The number of carbonyl (C=O) groups is 1. The van der Waals surface area contributed by atoms with E-state index in [0.717, 1.165) is 17.0 Å². The molecule has 1 saturated heterocycles. The molecule has 1 heterocycles. The van der Waals surface area contributed by atoms with Gasteiger partial charge in [-0.2, -0.15) is 0 Å². The van der Waals surface area contributed by atoms with Gasteiger partial charge in [-0.1, -0.05) is 12.1 Å². The lowest BCUT2D eigenvalue weighted by Crippen LogP contribution is -2.28. The molecule has 7 heteroatoms. The molecule has 1 aliphatic heterocycles. The van der Waals surface area contributed by atoms with Crippen LogP contribution in [0.5, 0.6) is 17.2 Å². The van der Waals surface area contributed by atoms with Crippen molar-refractivity contribution in [2.75, 3.05) is 20.8 Å². The summed E-state index contributed by atoms with van der Waals surface area (Å²) in [5, 5.41) is 0.646. The van der Waals surface area contributed by atoms with Gasteiger partial charge in [0.25, 0.3) is 5.91 Å². The van der Waals surface area contributed by atoms with Crippen molar-refractivity contribution >= 4 is 34.6 Å². The van der Waals surface area contributed by atoms with Crippen LogP contribution in [0, 0.1) is 0 Å². The Kier molecular flexibility index (Phi) is 7.05. The highest BCUT2D eigenvalue weighted by Crippen LogP contribution is 2.38. The molecule has 2 aromatic carbocycles. The van der Waals surface area contributed by atoms with Crippen LogP contribution in [0.4, 0.5) is 5.69 Å². The molecule has 158 valence electrons. The Bertz CT molecular complexity index is 968. The summed E-state index contributed by atoms with van der Waals surface area (Å²) in [4.78, 5) is 19.9. The van der Waals surface area contributed by atoms with Crippen LogP contribution in [0.15, 0.2) is 52.4 Å². The van der Waals surface area contributed by atoms with Crippen molar-refractivity contribution in [3.8, 4) is 17.2 Å². The van der Waals surface area contributed by atoms with Gasteiger partial charge in [-0.25, -0.2) is 4.99 Å². The van der Waals surface area contributed by atoms with Crippen LogP contribution in [0.25, 0.3) is 6.08 Å². The molecule has 1 aliphatic rings. The van der Waals surface area contributed by atoms with Gasteiger partial charge in [0.05, 0.1) is 30.9 Å². The number of benzene rings is 2. The van der Waals surface area contributed by atoms with E-state index in [2.05, 4.69) is 4.99 Å². The van der Waals surface area contributed by atoms with Gasteiger partial charge in [-0.3, -0.25) is 9.69 Å². The molecule has 6 nitrogen and oxygen atoms in total. The number of ether oxygens (including phenoxy) is 3. The van der Waals surface area contributed by atoms with Gasteiger partial charge in [0, 0.05) is 12.1 Å². The van der Waals surface area contributed by atoms with Crippen LogP contribution >= 0.6 is 11.8 Å². The molecule has 0 aromatic heterocycles. The van der Waals surface area contributed by atoms with E-state index < -0.39 is 0 Å². The third-order valence-electron chi connectivity index (χ3n) is 4.37. The summed E-state index contributed by atoms with van der Waals surface area (Å²) in [6.45, 7) is 6.38. The fourth-order valence-corrected chi connectivity index (χ4v) is 4.00. The van der Waals surface area contributed by atoms with Gasteiger partial charge in [-0.15, -0.1) is 0 Å². The lowest BCUT2D eigenvalue weighted by molar-refractivity contribution is -0.122. The fourth-order valence-electron chi connectivity index (χ4n) is 2.95. The summed E-state index contributed by atoms with van der Waals surface area (Å²) < 4.78 is 16.6. The Balaban J connectivity index is 1.96. The zero-order valence-corrected chi connectivity index (χ0v) is 18.7. The SMILES string of the molecule is CCN1C(=O)/C(=C/c2cccc(OC)c2OC(C)C)SC1=Nc1ccc(OC)cc1. The number of aliphatic imine (C=N–C) groups is 1. The summed E-state index contributed by atoms with van der Waals surface area (Å²) in [6.07, 6.45) is 1.82. The zero-order chi connectivity index (χ0) is 21.7. The molecule has 0 saturated carbocycles. The normalized spacial score (nSPS) is 16.6. The highest BCUT2D eigenvalue weighted by atomic mass is 32.2. The number of hydrogen-bond acceptors (Lipinski definition) is 6. The van der Waals surface area contributed by atoms with Crippen molar-refractivity contribution in [2.24, 2.45) is 4.99 Å².